The fraction of sp³-hybridized carbons (Fsp3) is 0.222. The minimum Gasteiger partial charge on any atom is -0.507 e. The standard InChI is InChI=1S/C27H19BrN4O9S/c1-41-11-5-10(33)13-14(19(11)34)21(36)16-15(20(13)35)23(38)27(24(16)39)3-2-8-17(27)22(37)12-9(18(8)28)4-7(31-25(12)40)6-30-32-26(29)42/h4-6,8,18,35-37H,2-3H2,1H3,(H,31,40)(H3,29,32,42)/t8?,18?,27-/m0/s1. The number of halogens is 1. The van der Waals surface area contributed by atoms with Crippen LogP contribution in [0.1, 0.15) is 75.9 Å². The molecule has 2 aromatic rings. The third-order valence-electron chi connectivity index (χ3n) is 8.12. The van der Waals surface area contributed by atoms with Crippen molar-refractivity contribution in [2.24, 2.45) is 22.2 Å². The van der Waals surface area contributed by atoms with E-state index >= 15 is 0 Å². The number of Topliss-reactive ketones (excluding diaryl/α,β-unsaturated/α-hetero) is 3. The average molecular weight is 655 g/mol. The number of nitrogens with zero attached hydrogens (tertiary/aromatic N) is 1. The van der Waals surface area contributed by atoms with E-state index in [1.54, 1.807) is 6.07 Å². The maximum absolute atomic E-state index is 14.1. The van der Waals surface area contributed by atoms with E-state index in [1.807, 2.05) is 0 Å². The van der Waals surface area contributed by atoms with Crippen LogP contribution in [0.3, 0.4) is 0 Å². The van der Waals surface area contributed by atoms with Crippen LogP contribution < -0.4 is 16.7 Å². The summed E-state index contributed by atoms with van der Waals surface area (Å²) in [6.45, 7) is 0. The van der Waals surface area contributed by atoms with E-state index in [4.69, 9.17) is 10.5 Å². The number of aliphatic hydroxyl groups excluding tert-OH is 1. The normalized spacial score (nSPS) is 24.1. The second kappa shape index (κ2) is 9.19. The number of nitrogens with two attached hydrogens (primary N) is 1. The number of nitrogens with one attached hydrogen (secondary N) is 2. The van der Waals surface area contributed by atoms with Crippen LogP contribution in [0.5, 0.6) is 11.5 Å². The number of rotatable bonds is 3. The number of benzene rings is 1. The number of aromatic nitrogens is 1. The first kappa shape index (κ1) is 27.5. The van der Waals surface area contributed by atoms with Crippen LogP contribution in [0.2, 0.25) is 0 Å². The van der Waals surface area contributed by atoms with E-state index in [-0.39, 0.29) is 34.8 Å². The zero-order valence-electron chi connectivity index (χ0n) is 21.4. The van der Waals surface area contributed by atoms with E-state index in [1.165, 1.54) is 6.21 Å². The highest BCUT2D eigenvalue weighted by Crippen LogP contribution is 2.64. The Morgan fingerprint density at radius 2 is 1.76 bits per heavy atom. The molecule has 1 saturated carbocycles. The number of allylic oxidation sites excluding steroid dienone is 3. The van der Waals surface area contributed by atoms with Gasteiger partial charge in [-0.15, -0.1) is 0 Å². The topological polar surface area (TPSA) is 221 Å². The largest absolute Gasteiger partial charge is 0.507 e. The third kappa shape index (κ3) is 3.37. The molecule has 4 aliphatic rings. The Kier molecular flexibility index (Phi) is 6.02. The van der Waals surface area contributed by atoms with E-state index < -0.39 is 90.1 Å². The van der Waals surface area contributed by atoms with Gasteiger partial charge in [-0.25, -0.2) is 0 Å². The molecular weight excluding hydrogens is 636 g/mol. The lowest BCUT2D eigenvalue weighted by Gasteiger charge is -2.32. The van der Waals surface area contributed by atoms with Crippen LogP contribution >= 0.6 is 28.1 Å². The molecule has 1 aromatic carbocycles. The highest BCUT2D eigenvalue weighted by molar-refractivity contribution is 9.09. The van der Waals surface area contributed by atoms with Crippen LogP contribution in [0.4, 0.5) is 0 Å². The summed E-state index contributed by atoms with van der Waals surface area (Å²) in [5, 5.41) is 37.5. The van der Waals surface area contributed by atoms with Gasteiger partial charge in [-0.05, 0) is 42.3 Å². The lowest BCUT2D eigenvalue weighted by atomic mass is 9.71. The molecule has 1 aromatic heterocycles. The number of fused-ring (bicyclic) bond motifs is 5. The van der Waals surface area contributed by atoms with Crippen molar-refractivity contribution in [2.75, 3.05) is 7.11 Å². The Bertz CT molecular complexity index is 1890. The number of hydrogen-bond donors (Lipinski definition) is 6. The van der Waals surface area contributed by atoms with Crippen molar-refractivity contribution in [3.8, 4) is 11.5 Å². The summed E-state index contributed by atoms with van der Waals surface area (Å²) in [4.78, 5) is 69.1. The van der Waals surface area contributed by atoms with E-state index in [2.05, 4.69) is 43.7 Å². The Balaban J connectivity index is 1.55. The molecule has 0 bridgehead atoms. The monoisotopic (exact) mass is 654 g/mol. The first-order valence-corrected chi connectivity index (χ1v) is 13.7. The van der Waals surface area contributed by atoms with Crippen LogP contribution in [-0.4, -0.2) is 61.9 Å². The fourth-order valence-corrected chi connectivity index (χ4v) is 7.39. The van der Waals surface area contributed by atoms with E-state index in [9.17, 15) is 39.3 Å². The summed E-state index contributed by atoms with van der Waals surface area (Å²) >= 11 is 8.26. The molecule has 1 fully saturated rings. The van der Waals surface area contributed by atoms with Gasteiger partial charge in [0.05, 0.1) is 46.8 Å². The van der Waals surface area contributed by atoms with Crippen molar-refractivity contribution in [1.82, 2.24) is 10.4 Å². The molecule has 1 spiro atoms. The first-order chi connectivity index (χ1) is 19.9. The number of aromatic hydroxyl groups is 2. The predicted molar refractivity (Wildman–Crippen MR) is 153 cm³/mol. The molecule has 214 valence electrons. The number of ether oxygens (including phenoxy) is 1. The number of phenolic OH excluding ortho intramolecular Hbond substituents is 2. The number of carbonyl (C=O) groups excluding carboxylic acids is 4. The number of methoxy groups -OCH3 is 1. The van der Waals surface area contributed by atoms with Crippen LogP contribution in [-0.2, 0) is 4.74 Å². The van der Waals surface area contributed by atoms with Crippen LogP contribution in [0.15, 0.2) is 33.4 Å². The van der Waals surface area contributed by atoms with Gasteiger partial charge in [0.2, 0.25) is 5.78 Å². The van der Waals surface area contributed by atoms with Crippen molar-refractivity contribution in [3.63, 3.8) is 0 Å². The van der Waals surface area contributed by atoms with Gasteiger partial charge < -0.3 is 30.8 Å². The summed E-state index contributed by atoms with van der Waals surface area (Å²) in [6.07, 6.45) is 2.12. The second-order valence-electron chi connectivity index (χ2n) is 10.1. The van der Waals surface area contributed by atoms with Gasteiger partial charge in [0.25, 0.3) is 5.56 Å². The molecule has 0 saturated heterocycles. The quantitative estimate of drug-likeness (QED) is 0.0699. The molecule has 42 heavy (non-hydrogen) atoms. The Morgan fingerprint density at radius 3 is 2.38 bits per heavy atom. The lowest BCUT2D eigenvalue weighted by Crippen LogP contribution is -2.36. The molecule has 0 radical (unpaired) electrons. The number of hydrazone groups is 1. The minimum atomic E-state index is -2.10. The van der Waals surface area contributed by atoms with E-state index in [0.717, 1.165) is 13.2 Å². The van der Waals surface area contributed by atoms with Gasteiger partial charge in [-0.3, -0.25) is 29.4 Å². The second-order valence-corrected chi connectivity index (χ2v) is 11.5. The number of alkyl halides is 1. The number of aromatic amines is 1. The Hall–Kier alpha value is -4.63. The van der Waals surface area contributed by atoms with Crippen molar-refractivity contribution in [2.45, 2.75) is 17.7 Å². The van der Waals surface area contributed by atoms with Crippen molar-refractivity contribution in [3.05, 3.63) is 72.9 Å². The molecular formula is C27H19BrN4O9S. The molecule has 0 amide bonds. The van der Waals surface area contributed by atoms with Gasteiger partial charge in [0.15, 0.2) is 28.2 Å². The first-order valence-electron chi connectivity index (χ1n) is 12.4. The summed E-state index contributed by atoms with van der Waals surface area (Å²) < 4.78 is 4.91. The SMILES string of the molecule is COC1=CC(=O)c2c(O)c3c(c(O)c2C1=O)C(=O)[C@]1(CCC2C1=C(O)c1c(cc(C=NNC(N)=S)[nH]c1=O)C2Br)C3=O. The zero-order valence-corrected chi connectivity index (χ0v) is 23.8. The average Bonchev–Trinajstić information content (AvgIpc) is 3.44. The Morgan fingerprint density at radius 1 is 1.12 bits per heavy atom. The number of phenols is 2. The van der Waals surface area contributed by atoms with Crippen molar-refractivity contribution in [1.29, 1.82) is 0 Å². The van der Waals surface area contributed by atoms with Crippen molar-refractivity contribution >= 4 is 68.4 Å². The number of hydrogen-bond acceptors (Lipinski definition) is 11. The van der Waals surface area contributed by atoms with Gasteiger partial charge in [-0.1, -0.05) is 15.9 Å². The number of aliphatic hydroxyl groups is 1. The fourth-order valence-electron chi connectivity index (χ4n) is 6.45. The number of thiocarbonyl (C=S) groups is 1. The predicted octanol–water partition coefficient (Wildman–Crippen LogP) is 2.06. The molecule has 2 unspecified atom stereocenters. The zero-order chi connectivity index (χ0) is 30.4. The number of pyridine rings is 1. The molecule has 4 aliphatic carbocycles. The lowest BCUT2D eigenvalue weighted by molar-refractivity contribution is 0.0748. The van der Waals surface area contributed by atoms with Gasteiger partial charge in [0, 0.05) is 16.8 Å². The van der Waals surface area contributed by atoms with Gasteiger partial charge in [0.1, 0.15) is 22.7 Å². The number of ketones is 4. The highest BCUT2D eigenvalue weighted by Gasteiger charge is 2.65. The molecule has 7 N–H and O–H groups in total. The molecule has 15 heteroatoms. The molecule has 6 rings (SSSR count). The molecule has 0 aliphatic heterocycles. The van der Waals surface area contributed by atoms with Crippen molar-refractivity contribution < 1.29 is 39.2 Å². The molecule has 3 atom stereocenters. The smallest absolute Gasteiger partial charge is 0.259 e. The number of carbonyl (C=O) groups is 4. The summed E-state index contributed by atoms with van der Waals surface area (Å²) in [7, 11) is 1.13. The summed E-state index contributed by atoms with van der Waals surface area (Å²) in [6, 6.07) is 1.55. The maximum atomic E-state index is 14.1. The van der Waals surface area contributed by atoms with Gasteiger partial charge >= 0.3 is 0 Å². The summed E-state index contributed by atoms with van der Waals surface area (Å²) in [5.74, 6) is -7.36. The maximum Gasteiger partial charge on any atom is 0.259 e. The summed E-state index contributed by atoms with van der Waals surface area (Å²) in [5.41, 5.74) is 2.66. The highest BCUT2D eigenvalue weighted by atomic mass is 79.9. The Labute approximate surface area is 248 Å². The van der Waals surface area contributed by atoms with E-state index in [0.29, 0.717) is 5.56 Å². The minimum absolute atomic E-state index is 0.0599. The van der Waals surface area contributed by atoms with Crippen LogP contribution in [0.25, 0.3) is 5.76 Å². The van der Waals surface area contributed by atoms with Gasteiger partial charge in [-0.2, -0.15) is 5.10 Å². The third-order valence-corrected chi connectivity index (χ3v) is 9.34. The van der Waals surface area contributed by atoms with Crippen LogP contribution in [0, 0.1) is 11.3 Å². The molecule has 1 heterocycles. The molecule has 13 nitrogen and oxygen atoms in total. The number of H-pyrrole nitrogens is 1.